The molecular weight excluding hydrogens is 168 g/mol. The second-order valence-electron chi connectivity index (χ2n) is 2.85. The number of phenolic OH excluding ortho intramolecular Hbond substituents is 1. The van der Waals surface area contributed by atoms with Crippen molar-refractivity contribution in [3.8, 4) is 5.75 Å². The molecule has 4 N–H and O–H groups in total. The van der Waals surface area contributed by atoms with Gasteiger partial charge in [0.25, 0.3) is 0 Å². The number of rotatable bonds is 2. The van der Waals surface area contributed by atoms with Crippen LogP contribution in [0.3, 0.4) is 0 Å². The third-order valence-corrected chi connectivity index (χ3v) is 1.99. The average Bonchev–Trinajstić information content (AvgIpc) is 2.49. The van der Waals surface area contributed by atoms with Gasteiger partial charge < -0.3 is 10.1 Å². The highest BCUT2D eigenvalue weighted by atomic mass is 16.6. The maximum absolute atomic E-state index is 9.19. The molecule has 68 valence electrons. The van der Waals surface area contributed by atoms with Gasteiger partial charge in [-0.3, -0.25) is 4.84 Å². The van der Waals surface area contributed by atoms with Crippen molar-refractivity contribution in [2.75, 3.05) is 0 Å². The third-order valence-electron chi connectivity index (χ3n) is 1.99. The van der Waals surface area contributed by atoms with E-state index in [1.807, 2.05) is 12.3 Å². The van der Waals surface area contributed by atoms with Crippen molar-refractivity contribution in [3.63, 3.8) is 0 Å². The number of aromatic nitrogens is 1. The Hall–Kier alpha value is -1.52. The number of aromatic amines is 1. The molecule has 0 saturated carbocycles. The van der Waals surface area contributed by atoms with E-state index in [1.54, 1.807) is 12.1 Å². The molecule has 1 aromatic carbocycles. The maximum atomic E-state index is 9.19. The quantitative estimate of drug-likeness (QED) is 0.606. The third kappa shape index (κ3) is 1.37. The molecule has 0 amide bonds. The summed E-state index contributed by atoms with van der Waals surface area (Å²) in [7, 11) is 0. The molecule has 2 rings (SSSR count). The van der Waals surface area contributed by atoms with Crippen molar-refractivity contribution in [3.05, 3.63) is 30.0 Å². The van der Waals surface area contributed by atoms with Crippen LogP contribution in [0.2, 0.25) is 0 Å². The van der Waals surface area contributed by atoms with E-state index >= 15 is 0 Å². The fraction of sp³-hybridized carbons (Fsp3) is 0.111. The van der Waals surface area contributed by atoms with E-state index < -0.39 is 0 Å². The molecule has 1 aromatic heterocycles. The summed E-state index contributed by atoms with van der Waals surface area (Å²) < 4.78 is 0. The van der Waals surface area contributed by atoms with Gasteiger partial charge >= 0.3 is 0 Å². The lowest BCUT2D eigenvalue weighted by Crippen LogP contribution is -1.97. The molecule has 0 spiro atoms. The van der Waals surface area contributed by atoms with Crippen LogP contribution >= 0.6 is 0 Å². The van der Waals surface area contributed by atoms with Crippen molar-refractivity contribution in [1.82, 2.24) is 4.98 Å². The highest BCUT2D eigenvalue weighted by Crippen LogP contribution is 2.22. The van der Waals surface area contributed by atoms with Gasteiger partial charge in [-0.2, -0.15) is 0 Å². The number of H-pyrrole nitrogens is 1. The van der Waals surface area contributed by atoms with Crippen molar-refractivity contribution in [1.29, 1.82) is 0 Å². The van der Waals surface area contributed by atoms with Gasteiger partial charge in [0, 0.05) is 28.7 Å². The normalized spacial score (nSPS) is 10.8. The first-order valence-corrected chi connectivity index (χ1v) is 3.92. The Labute approximate surface area is 74.9 Å². The van der Waals surface area contributed by atoms with Crippen LogP contribution in [0.4, 0.5) is 0 Å². The van der Waals surface area contributed by atoms with Crippen LogP contribution in [0.25, 0.3) is 10.9 Å². The summed E-state index contributed by atoms with van der Waals surface area (Å²) in [4.78, 5) is 7.56. The van der Waals surface area contributed by atoms with Crippen molar-refractivity contribution in [2.24, 2.45) is 5.90 Å². The number of fused-ring (bicyclic) bond motifs is 1. The van der Waals surface area contributed by atoms with Gasteiger partial charge in [-0.15, -0.1) is 0 Å². The van der Waals surface area contributed by atoms with Crippen LogP contribution in [-0.2, 0) is 11.4 Å². The Morgan fingerprint density at radius 2 is 2.31 bits per heavy atom. The van der Waals surface area contributed by atoms with Crippen molar-refractivity contribution < 1.29 is 9.94 Å². The predicted molar refractivity (Wildman–Crippen MR) is 48.9 cm³/mol. The molecule has 0 unspecified atom stereocenters. The summed E-state index contributed by atoms with van der Waals surface area (Å²) in [6.07, 6.45) is 1.82. The highest BCUT2D eigenvalue weighted by Gasteiger charge is 2.03. The summed E-state index contributed by atoms with van der Waals surface area (Å²) in [6.45, 7) is 0.366. The lowest BCUT2D eigenvalue weighted by Gasteiger charge is -1.96. The molecule has 0 radical (unpaired) electrons. The lowest BCUT2D eigenvalue weighted by molar-refractivity contribution is 0.125. The minimum Gasteiger partial charge on any atom is -0.508 e. The first-order chi connectivity index (χ1) is 6.31. The van der Waals surface area contributed by atoms with E-state index in [0.29, 0.717) is 6.61 Å². The summed E-state index contributed by atoms with van der Waals surface area (Å²) >= 11 is 0. The van der Waals surface area contributed by atoms with Crippen molar-refractivity contribution >= 4 is 10.9 Å². The van der Waals surface area contributed by atoms with Crippen LogP contribution in [0.15, 0.2) is 24.4 Å². The maximum Gasteiger partial charge on any atom is 0.117 e. The number of hydrogen-bond acceptors (Lipinski definition) is 3. The van der Waals surface area contributed by atoms with E-state index in [-0.39, 0.29) is 5.75 Å². The molecule has 0 saturated heterocycles. The van der Waals surface area contributed by atoms with Gasteiger partial charge in [0.1, 0.15) is 5.75 Å². The van der Waals surface area contributed by atoms with Crippen LogP contribution < -0.4 is 5.90 Å². The van der Waals surface area contributed by atoms with Gasteiger partial charge in [-0.1, -0.05) is 0 Å². The Morgan fingerprint density at radius 3 is 3.08 bits per heavy atom. The second-order valence-corrected chi connectivity index (χ2v) is 2.85. The number of nitrogens with one attached hydrogen (secondary N) is 1. The average molecular weight is 178 g/mol. The largest absolute Gasteiger partial charge is 0.508 e. The fourth-order valence-electron chi connectivity index (χ4n) is 1.38. The number of hydrogen-bond donors (Lipinski definition) is 3. The SMILES string of the molecule is NOCc1c[nH]c2cc(O)ccc12. The molecule has 0 bridgehead atoms. The fourth-order valence-corrected chi connectivity index (χ4v) is 1.38. The van der Waals surface area contributed by atoms with E-state index in [9.17, 15) is 5.11 Å². The highest BCUT2D eigenvalue weighted by molar-refractivity contribution is 5.84. The molecule has 0 aliphatic carbocycles. The summed E-state index contributed by atoms with van der Waals surface area (Å²) in [5.74, 6) is 5.22. The number of nitrogens with two attached hydrogens (primary N) is 1. The van der Waals surface area contributed by atoms with Gasteiger partial charge in [-0.05, 0) is 12.1 Å². The van der Waals surface area contributed by atoms with Gasteiger partial charge in [0.2, 0.25) is 0 Å². The topological polar surface area (TPSA) is 71.3 Å². The van der Waals surface area contributed by atoms with E-state index in [1.165, 1.54) is 0 Å². The molecule has 4 nitrogen and oxygen atoms in total. The molecule has 0 aliphatic heterocycles. The van der Waals surface area contributed by atoms with E-state index in [4.69, 9.17) is 5.90 Å². The zero-order chi connectivity index (χ0) is 9.26. The Balaban J connectivity index is 2.55. The van der Waals surface area contributed by atoms with Crippen LogP contribution in [0.1, 0.15) is 5.56 Å². The number of benzene rings is 1. The molecule has 13 heavy (non-hydrogen) atoms. The minimum absolute atomic E-state index is 0.245. The van der Waals surface area contributed by atoms with Crippen LogP contribution in [0.5, 0.6) is 5.75 Å². The number of phenols is 1. The molecule has 1 heterocycles. The van der Waals surface area contributed by atoms with E-state index in [0.717, 1.165) is 16.5 Å². The van der Waals surface area contributed by atoms with Crippen LogP contribution in [-0.4, -0.2) is 10.1 Å². The Bertz CT molecular complexity index is 422. The molecule has 0 atom stereocenters. The number of aromatic hydroxyl groups is 1. The van der Waals surface area contributed by atoms with Gasteiger partial charge in [-0.25, -0.2) is 5.90 Å². The molecular formula is C9H10N2O2. The molecule has 2 aromatic rings. The lowest BCUT2D eigenvalue weighted by atomic mass is 10.2. The van der Waals surface area contributed by atoms with Gasteiger partial charge in [0.05, 0.1) is 6.61 Å². The zero-order valence-corrected chi connectivity index (χ0v) is 6.95. The van der Waals surface area contributed by atoms with Crippen LogP contribution in [0, 0.1) is 0 Å². The molecule has 0 aliphatic rings. The standard InChI is InChI=1S/C9H10N2O2/c10-13-5-6-4-11-9-3-7(12)1-2-8(6)9/h1-4,11-12H,5,10H2. The van der Waals surface area contributed by atoms with E-state index in [2.05, 4.69) is 9.82 Å². The van der Waals surface area contributed by atoms with Gasteiger partial charge in [0.15, 0.2) is 0 Å². The summed E-state index contributed by atoms with van der Waals surface area (Å²) in [5.41, 5.74) is 1.87. The smallest absolute Gasteiger partial charge is 0.117 e. The van der Waals surface area contributed by atoms with Crippen molar-refractivity contribution in [2.45, 2.75) is 6.61 Å². The first kappa shape index (κ1) is 8.10. The monoisotopic (exact) mass is 178 g/mol. The second kappa shape index (κ2) is 3.08. The molecule has 4 heteroatoms. The first-order valence-electron chi connectivity index (χ1n) is 3.92. The Kier molecular flexibility index (Phi) is 1.92. The minimum atomic E-state index is 0.245. The molecule has 0 fully saturated rings. The predicted octanol–water partition coefficient (Wildman–Crippen LogP) is 1.26. The summed E-state index contributed by atoms with van der Waals surface area (Å²) in [6, 6.07) is 5.13. The summed E-state index contributed by atoms with van der Waals surface area (Å²) in [5, 5.41) is 10.2. The Morgan fingerprint density at radius 1 is 1.46 bits per heavy atom. The zero-order valence-electron chi connectivity index (χ0n) is 6.95.